The van der Waals surface area contributed by atoms with E-state index in [9.17, 15) is 24.3 Å². The lowest BCUT2D eigenvalue weighted by atomic mass is 10.1. The normalized spacial score (nSPS) is 11.0. The minimum atomic E-state index is -1.26. The van der Waals surface area contributed by atoms with Crippen LogP contribution in [0.25, 0.3) is 11.2 Å². The molecule has 3 aromatic rings. The Labute approximate surface area is 253 Å². The van der Waals surface area contributed by atoms with E-state index in [1.165, 1.54) is 7.11 Å². The zero-order valence-corrected chi connectivity index (χ0v) is 24.9. The maximum absolute atomic E-state index is 12.5. The number of imidazole rings is 1. The highest BCUT2D eigenvalue weighted by Gasteiger charge is 2.15. The van der Waals surface area contributed by atoms with Crippen LogP contribution in [0.2, 0.25) is 0 Å². The number of ether oxygens (including phenoxy) is 2. The zero-order chi connectivity index (χ0) is 32.5. The standard InChI is InChI=1S/C25H36N6O5.C4H4O4/c1-3-4-14-36-24-28-22(26)21-23(29-24)31(25(34)27-21)11-6-5-10-30(12-13-32)17-19-9-7-8-18(15-19)16-20(33)35-2;5-3(6)1-2-4(7)8/h7-9,15,32H,3-6,10-14,16-17H2,1-2H3,(H,27,34)(H2,26,28,29);1-2H,(H,5,6)(H,7,8)/b;2-1+. The molecule has 1 aromatic carbocycles. The van der Waals surface area contributed by atoms with Crippen molar-refractivity contribution in [3.63, 3.8) is 0 Å². The lowest BCUT2D eigenvalue weighted by molar-refractivity contribution is -0.139. The van der Waals surface area contributed by atoms with E-state index in [4.69, 9.17) is 25.4 Å². The summed E-state index contributed by atoms with van der Waals surface area (Å²) < 4.78 is 11.9. The molecule has 0 aliphatic carbocycles. The quantitative estimate of drug-likeness (QED) is 0.0826. The molecular weight excluding hydrogens is 576 g/mol. The summed E-state index contributed by atoms with van der Waals surface area (Å²) >= 11 is 0. The van der Waals surface area contributed by atoms with E-state index in [2.05, 4.69) is 26.8 Å². The third-order valence-corrected chi connectivity index (χ3v) is 6.22. The molecule has 0 fully saturated rings. The summed E-state index contributed by atoms with van der Waals surface area (Å²) in [6.45, 7) is 4.96. The van der Waals surface area contributed by atoms with Crippen LogP contribution in [0, 0.1) is 0 Å². The van der Waals surface area contributed by atoms with Gasteiger partial charge in [0.2, 0.25) is 0 Å². The van der Waals surface area contributed by atoms with E-state index in [0.29, 0.717) is 49.6 Å². The summed E-state index contributed by atoms with van der Waals surface area (Å²) in [5.41, 5.74) is 8.53. The third kappa shape index (κ3) is 12.2. The maximum Gasteiger partial charge on any atom is 0.328 e. The average Bonchev–Trinajstić information content (AvgIpc) is 3.30. The molecule has 0 spiro atoms. The molecule has 0 aliphatic heterocycles. The van der Waals surface area contributed by atoms with Gasteiger partial charge in [-0.05, 0) is 36.9 Å². The number of aryl methyl sites for hydroxylation is 1. The Balaban J connectivity index is 0.000000742. The second kappa shape index (κ2) is 18.7. The number of aliphatic carboxylic acids is 2. The van der Waals surface area contributed by atoms with E-state index < -0.39 is 11.9 Å². The molecule has 15 nitrogen and oxygen atoms in total. The topological polar surface area (TPSA) is 223 Å². The average molecular weight is 617 g/mol. The van der Waals surface area contributed by atoms with Gasteiger partial charge in [-0.25, -0.2) is 14.4 Å². The van der Waals surface area contributed by atoms with Crippen molar-refractivity contribution in [3.8, 4) is 6.01 Å². The number of carbonyl (C=O) groups is 3. The minimum absolute atomic E-state index is 0.0424. The molecule has 0 bridgehead atoms. The predicted octanol–water partition coefficient (Wildman–Crippen LogP) is 1.58. The number of methoxy groups -OCH3 is 1. The fraction of sp³-hybridized carbons (Fsp3) is 0.448. The molecule has 0 atom stereocenters. The molecule has 0 aliphatic rings. The van der Waals surface area contributed by atoms with Gasteiger partial charge in [0.25, 0.3) is 0 Å². The Morgan fingerprint density at radius 1 is 1.07 bits per heavy atom. The van der Waals surface area contributed by atoms with Crippen LogP contribution in [-0.2, 0) is 38.6 Å². The molecule has 15 heteroatoms. The molecule has 240 valence electrons. The Hall–Kier alpha value is -4.76. The number of hydrogen-bond donors (Lipinski definition) is 5. The Kier molecular flexibility index (Phi) is 15.1. The molecule has 0 saturated heterocycles. The minimum Gasteiger partial charge on any atom is -0.478 e. The molecule has 0 amide bonds. The number of H-pyrrole nitrogens is 1. The van der Waals surface area contributed by atoms with Gasteiger partial charge in [0.05, 0.1) is 26.7 Å². The van der Waals surface area contributed by atoms with Crippen LogP contribution in [0.5, 0.6) is 6.01 Å². The number of aliphatic hydroxyl groups excluding tert-OH is 1. The lowest BCUT2D eigenvalue weighted by Crippen LogP contribution is -2.28. The number of nitrogens with zero attached hydrogens (tertiary/aromatic N) is 4. The van der Waals surface area contributed by atoms with Crippen LogP contribution >= 0.6 is 0 Å². The number of esters is 1. The predicted molar refractivity (Wildman–Crippen MR) is 161 cm³/mol. The van der Waals surface area contributed by atoms with Crippen molar-refractivity contribution in [2.24, 2.45) is 0 Å². The van der Waals surface area contributed by atoms with Gasteiger partial charge >= 0.3 is 29.6 Å². The van der Waals surface area contributed by atoms with Gasteiger partial charge in [-0.2, -0.15) is 9.97 Å². The summed E-state index contributed by atoms with van der Waals surface area (Å²) in [5.74, 6) is -2.61. The Morgan fingerprint density at radius 2 is 1.77 bits per heavy atom. The fourth-order valence-corrected chi connectivity index (χ4v) is 4.10. The highest BCUT2D eigenvalue weighted by molar-refractivity contribution is 5.89. The van der Waals surface area contributed by atoms with Crippen LogP contribution in [0.1, 0.15) is 43.7 Å². The number of unbranched alkanes of at least 4 members (excludes halogenated alkanes) is 2. The number of aromatic nitrogens is 4. The van der Waals surface area contributed by atoms with Crippen molar-refractivity contribution in [3.05, 3.63) is 58.0 Å². The van der Waals surface area contributed by atoms with Gasteiger partial charge in [0.1, 0.15) is 5.52 Å². The van der Waals surface area contributed by atoms with Crippen molar-refractivity contribution >= 4 is 34.9 Å². The number of carboxylic acids is 2. The number of aromatic amines is 1. The molecule has 2 aromatic heterocycles. The highest BCUT2D eigenvalue weighted by Crippen LogP contribution is 2.18. The fourth-order valence-electron chi connectivity index (χ4n) is 4.10. The molecule has 0 radical (unpaired) electrons. The van der Waals surface area contributed by atoms with Crippen molar-refractivity contribution in [2.45, 2.75) is 52.1 Å². The first-order valence-corrected chi connectivity index (χ1v) is 14.1. The number of carbonyl (C=O) groups excluding carboxylic acids is 1. The second-order valence-corrected chi connectivity index (χ2v) is 9.66. The Bertz CT molecular complexity index is 1450. The van der Waals surface area contributed by atoms with Gasteiger partial charge in [-0.1, -0.05) is 37.6 Å². The zero-order valence-electron chi connectivity index (χ0n) is 24.9. The number of aliphatic hydroxyl groups is 1. The maximum atomic E-state index is 12.5. The monoisotopic (exact) mass is 616 g/mol. The number of hydrogen-bond acceptors (Lipinski definition) is 11. The molecule has 2 heterocycles. The molecule has 3 rings (SSSR count). The summed E-state index contributed by atoms with van der Waals surface area (Å²) in [6, 6.07) is 7.97. The molecule has 6 N–H and O–H groups in total. The molecule has 44 heavy (non-hydrogen) atoms. The van der Waals surface area contributed by atoms with Gasteiger partial charge in [0.15, 0.2) is 11.5 Å². The van der Waals surface area contributed by atoms with Gasteiger partial charge < -0.3 is 35.5 Å². The summed E-state index contributed by atoms with van der Waals surface area (Å²) in [7, 11) is 1.38. The lowest BCUT2D eigenvalue weighted by Gasteiger charge is -2.21. The van der Waals surface area contributed by atoms with E-state index in [-0.39, 0.29) is 36.5 Å². The van der Waals surface area contributed by atoms with E-state index in [1.54, 1.807) is 4.57 Å². The van der Waals surface area contributed by atoms with Gasteiger partial charge in [-0.15, -0.1) is 0 Å². The number of nitrogens with one attached hydrogen (secondary N) is 1. The first kappa shape index (κ1) is 35.4. The van der Waals surface area contributed by atoms with Crippen molar-refractivity contribution < 1.29 is 39.2 Å². The van der Waals surface area contributed by atoms with E-state index >= 15 is 0 Å². The number of rotatable bonds is 17. The number of carboxylic acid groups (broad SMARTS) is 2. The summed E-state index contributed by atoms with van der Waals surface area (Å²) in [4.78, 5) is 56.6. The van der Waals surface area contributed by atoms with Gasteiger partial charge in [0, 0.05) is 31.8 Å². The van der Waals surface area contributed by atoms with Crippen LogP contribution in [-0.4, -0.2) is 91.1 Å². The van der Waals surface area contributed by atoms with E-state index in [0.717, 1.165) is 43.4 Å². The smallest absolute Gasteiger partial charge is 0.328 e. The largest absolute Gasteiger partial charge is 0.478 e. The van der Waals surface area contributed by atoms with E-state index in [1.807, 2.05) is 24.3 Å². The molecule has 0 unspecified atom stereocenters. The van der Waals surface area contributed by atoms with Crippen molar-refractivity contribution in [2.75, 3.05) is 39.1 Å². The van der Waals surface area contributed by atoms with Crippen LogP contribution in [0.4, 0.5) is 5.82 Å². The number of benzene rings is 1. The van der Waals surface area contributed by atoms with Crippen molar-refractivity contribution in [1.29, 1.82) is 0 Å². The van der Waals surface area contributed by atoms with Crippen LogP contribution in [0.3, 0.4) is 0 Å². The van der Waals surface area contributed by atoms with Crippen LogP contribution < -0.4 is 16.2 Å². The van der Waals surface area contributed by atoms with Crippen LogP contribution in [0.15, 0.2) is 41.2 Å². The number of nitrogens with two attached hydrogens (primary N) is 1. The molecule has 0 saturated carbocycles. The van der Waals surface area contributed by atoms with Crippen molar-refractivity contribution in [1.82, 2.24) is 24.4 Å². The Morgan fingerprint density at radius 3 is 2.41 bits per heavy atom. The first-order chi connectivity index (χ1) is 21.1. The number of fused-ring (bicyclic) bond motifs is 1. The second-order valence-electron chi connectivity index (χ2n) is 9.66. The summed E-state index contributed by atoms with van der Waals surface area (Å²) in [6.07, 6.45) is 4.74. The van der Waals surface area contributed by atoms with Gasteiger partial charge in [-0.3, -0.25) is 14.3 Å². The molecular formula is C29H40N6O9. The third-order valence-electron chi connectivity index (χ3n) is 6.22. The summed E-state index contributed by atoms with van der Waals surface area (Å²) in [5, 5.41) is 25.1. The highest BCUT2D eigenvalue weighted by atomic mass is 16.5. The number of nitrogen functional groups attached to an aromatic ring is 1. The SMILES string of the molecule is CCCCOc1nc(N)c2[nH]c(=O)n(CCCCN(CCO)Cc3cccc(CC(=O)OC)c3)c2n1.O=C(O)/C=C/C(=O)O. The number of anilines is 1. The first-order valence-electron chi connectivity index (χ1n) is 14.1.